The summed E-state index contributed by atoms with van der Waals surface area (Å²) in [6.07, 6.45) is 1.23. The van der Waals surface area contributed by atoms with Crippen LogP contribution in [0.1, 0.15) is 26.3 Å². The van der Waals surface area contributed by atoms with E-state index in [1.165, 1.54) is 54.6 Å². The molecule has 0 spiro atoms. The van der Waals surface area contributed by atoms with Crippen molar-refractivity contribution in [1.29, 1.82) is 0 Å². The fraction of sp³-hybridized carbons (Fsp3) is 0. The van der Waals surface area contributed by atoms with Gasteiger partial charge in [0.25, 0.3) is 11.8 Å². The molecular weight excluding hydrogens is 368 g/mol. The van der Waals surface area contributed by atoms with Gasteiger partial charge in [0.2, 0.25) is 0 Å². The smallest absolute Gasteiger partial charge is 0.335 e. The molecule has 0 unspecified atom stereocenters. The van der Waals surface area contributed by atoms with Crippen LogP contribution in [0.15, 0.2) is 54.1 Å². The molecule has 0 radical (unpaired) electrons. The molecule has 1 fully saturated rings. The molecule has 0 aromatic heterocycles. The first-order valence-corrected chi connectivity index (χ1v) is 7.86. The molecule has 1 heterocycles. The Morgan fingerprint density at radius 3 is 1.82 bits per heavy atom. The number of aromatic carboxylic acids is 2. The summed E-state index contributed by atoms with van der Waals surface area (Å²) in [4.78, 5) is 59.5. The number of nitrogens with zero attached hydrogens (tertiary/aromatic N) is 1. The fourth-order valence-corrected chi connectivity index (χ4v) is 2.53. The maximum Gasteiger partial charge on any atom is 0.335 e. The lowest BCUT2D eigenvalue weighted by molar-refractivity contribution is -0.122. The molecule has 0 saturated carbocycles. The number of benzene rings is 2. The molecule has 9 nitrogen and oxygen atoms in total. The van der Waals surface area contributed by atoms with Crippen LogP contribution in [-0.4, -0.2) is 40.0 Å². The SMILES string of the molecule is O=C1NC(=O)N(c2ccc(C(=O)O)cc2)C(=O)/C1=C/c1ccc(C(=O)O)cc1. The Labute approximate surface area is 157 Å². The predicted octanol–water partition coefficient (Wildman–Crippen LogP) is 1.75. The Hall–Kier alpha value is -4.27. The second-order valence-electron chi connectivity index (χ2n) is 5.74. The highest BCUT2D eigenvalue weighted by Crippen LogP contribution is 2.22. The van der Waals surface area contributed by atoms with E-state index in [0.717, 1.165) is 0 Å². The number of hydrogen-bond acceptors (Lipinski definition) is 5. The van der Waals surface area contributed by atoms with Gasteiger partial charge in [-0.05, 0) is 48.0 Å². The van der Waals surface area contributed by atoms with Gasteiger partial charge in [0.05, 0.1) is 16.8 Å². The molecule has 28 heavy (non-hydrogen) atoms. The zero-order valence-electron chi connectivity index (χ0n) is 14.1. The Morgan fingerprint density at radius 1 is 0.821 bits per heavy atom. The molecule has 4 amide bonds. The molecule has 0 atom stereocenters. The number of carboxylic acids is 2. The number of nitrogens with one attached hydrogen (secondary N) is 1. The lowest BCUT2D eigenvalue weighted by atomic mass is 10.1. The summed E-state index contributed by atoms with van der Waals surface area (Å²) in [5.74, 6) is -4.07. The molecule has 9 heteroatoms. The minimum atomic E-state index is -1.17. The first kappa shape index (κ1) is 18.5. The zero-order valence-corrected chi connectivity index (χ0v) is 14.1. The summed E-state index contributed by atoms with van der Waals surface area (Å²) >= 11 is 0. The van der Waals surface area contributed by atoms with Gasteiger partial charge in [-0.3, -0.25) is 14.9 Å². The first-order valence-electron chi connectivity index (χ1n) is 7.86. The number of hydrogen-bond donors (Lipinski definition) is 3. The molecule has 140 valence electrons. The Bertz CT molecular complexity index is 1040. The molecule has 1 saturated heterocycles. The third-order valence-electron chi connectivity index (χ3n) is 3.94. The fourth-order valence-electron chi connectivity index (χ4n) is 2.53. The topological polar surface area (TPSA) is 141 Å². The maximum absolute atomic E-state index is 12.7. The minimum Gasteiger partial charge on any atom is -0.478 e. The molecule has 1 aliphatic rings. The van der Waals surface area contributed by atoms with Gasteiger partial charge >= 0.3 is 18.0 Å². The van der Waals surface area contributed by atoms with E-state index in [0.29, 0.717) is 10.5 Å². The summed E-state index contributed by atoms with van der Waals surface area (Å²) < 4.78 is 0. The normalized spacial score (nSPS) is 15.5. The number of carboxylic acid groups (broad SMARTS) is 2. The standard InChI is InChI=1S/C19H12N2O7/c22-15-14(9-10-1-3-11(4-2-10)17(24)25)16(23)21(19(28)20-15)13-7-5-12(6-8-13)18(26)27/h1-9H,(H,24,25)(H,26,27)(H,20,22,28)/b14-9+. The van der Waals surface area contributed by atoms with Crippen LogP contribution < -0.4 is 10.2 Å². The minimum absolute atomic E-state index is 0.0287. The number of carbonyl (C=O) groups excluding carboxylic acids is 3. The van der Waals surface area contributed by atoms with Crippen LogP contribution in [0.4, 0.5) is 10.5 Å². The number of anilines is 1. The third-order valence-corrected chi connectivity index (χ3v) is 3.94. The summed E-state index contributed by atoms with van der Waals surface area (Å²) in [5.41, 5.74) is 0.159. The predicted molar refractivity (Wildman–Crippen MR) is 95.8 cm³/mol. The second kappa shape index (κ2) is 7.16. The second-order valence-corrected chi connectivity index (χ2v) is 5.74. The average molecular weight is 380 g/mol. The molecule has 1 aliphatic heterocycles. The lowest BCUT2D eigenvalue weighted by Crippen LogP contribution is -2.54. The molecule has 2 aromatic rings. The van der Waals surface area contributed by atoms with Crippen molar-refractivity contribution in [2.24, 2.45) is 0 Å². The van der Waals surface area contributed by atoms with E-state index >= 15 is 0 Å². The van der Waals surface area contributed by atoms with Gasteiger partial charge in [-0.2, -0.15) is 0 Å². The van der Waals surface area contributed by atoms with Gasteiger partial charge in [0.15, 0.2) is 0 Å². The Kier molecular flexibility index (Phi) is 4.73. The monoisotopic (exact) mass is 380 g/mol. The number of urea groups is 1. The van der Waals surface area contributed by atoms with E-state index in [-0.39, 0.29) is 22.4 Å². The summed E-state index contributed by atoms with van der Waals surface area (Å²) in [5, 5.41) is 19.9. The largest absolute Gasteiger partial charge is 0.478 e. The van der Waals surface area contributed by atoms with Gasteiger partial charge in [0, 0.05) is 0 Å². The molecule has 0 aliphatic carbocycles. The maximum atomic E-state index is 12.7. The van der Waals surface area contributed by atoms with Crippen molar-refractivity contribution in [2.75, 3.05) is 4.90 Å². The van der Waals surface area contributed by atoms with Gasteiger partial charge in [-0.25, -0.2) is 19.3 Å². The number of rotatable bonds is 4. The highest BCUT2D eigenvalue weighted by Gasteiger charge is 2.36. The van der Waals surface area contributed by atoms with Gasteiger partial charge in [-0.15, -0.1) is 0 Å². The molecule has 3 N–H and O–H groups in total. The van der Waals surface area contributed by atoms with Crippen molar-refractivity contribution < 1.29 is 34.2 Å². The van der Waals surface area contributed by atoms with Crippen LogP contribution in [0, 0.1) is 0 Å². The van der Waals surface area contributed by atoms with E-state index in [9.17, 15) is 24.0 Å². The van der Waals surface area contributed by atoms with Gasteiger partial charge < -0.3 is 10.2 Å². The highest BCUT2D eigenvalue weighted by atomic mass is 16.4. The summed E-state index contributed by atoms with van der Waals surface area (Å²) in [6.45, 7) is 0. The highest BCUT2D eigenvalue weighted by molar-refractivity contribution is 6.39. The van der Waals surface area contributed by atoms with Crippen molar-refractivity contribution in [2.45, 2.75) is 0 Å². The van der Waals surface area contributed by atoms with E-state index < -0.39 is 29.8 Å². The van der Waals surface area contributed by atoms with E-state index in [1.54, 1.807) is 0 Å². The van der Waals surface area contributed by atoms with Crippen molar-refractivity contribution >= 4 is 41.5 Å². The van der Waals surface area contributed by atoms with E-state index in [4.69, 9.17) is 10.2 Å². The van der Waals surface area contributed by atoms with E-state index in [2.05, 4.69) is 0 Å². The quantitative estimate of drug-likeness (QED) is 0.542. The summed E-state index contributed by atoms with van der Waals surface area (Å²) in [6, 6.07) is 9.49. The number of barbiturate groups is 1. The van der Waals surface area contributed by atoms with Crippen molar-refractivity contribution in [3.8, 4) is 0 Å². The number of amides is 4. The molecular formula is C19H12N2O7. The third kappa shape index (κ3) is 3.49. The van der Waals surface area contributed by atoms with Crippen LogP contribution in [0.3, 0.4) is 0 Å². The molecule has 2 aromatic carbocycles. The number of carbonyl (C=O) groups is 5. The van der Waals surface area contributed by atoms with Crippen LogP contribution >= 0.6 is 0 Å². The average Bonchev–Trinajstić information content (AvgIpc) is 2.65. The van der Waals surface area contributed by atoms with Crippen LogP contribution in [0.2, 0.25) is 0 Å². The first-order chi connectivity index (χ1) is 13.3. The van der Waals surface area contributed by atoms with Crippen LogP contribution in [0.25, 0.3) is 6.08 Å². The summed E-state index contributed by atoms with van der Waals surface area (Å²) in [7, 11) is 0. The Morgan fingerprint density at radius 2 is 1.32 bits per heavy atom. The molecule has 0 bridgehead atoms. The van der Waals surface area contributed by atoms with E-state index in [1.807, 2.05) is 5.32 Å². The van der Waals surface area contributed by atoms with Gasteiger partial charge in [0.1, 0.15) is 5.57 Å². The van der Waals surface area contributed by atoms with Crippen molar-refractivity contribution in [1.82, 2.24) is 5.32 Å². The number of imide groups is 2. The van der Waals surface area contributed by atoms with Crippen molar-refractivity contribution in [3.63, 3.8) is 0 Å². The zero-order chi connectivity index (χ0) is 20.4. The lowest BCUT2D eigenvalue weighted by Gasteiger charge is -2.26. The molecule has 3 rings (SSSR count). The van der Waals surface area contributed by atoms with Gasteiger partial charge in [-0.1, -0.05) is 12.1 Å². The van der Waals surface area contributed by atoms with Crippen LogP contribution in [-0.2, 0) is 9.59 Å². The Balaban J connectivity index is 1.95. The van der Waals surface area contributed by atoms with Crippen LogP contribution in [0.5, 0.6) is 0 Å². The van der Waals surface area contributed by atoms with Crippen molar-refractivity contribution in [3.05, 3.63) is 70.8 Å².